The maximum absolute atomic E-state index is 8.52. The maximum atomic E-state index is 8.52. The maximum Gasteiger partial charge on any atom is 2.00 e. The fourth-order valence-electron chi connectivity index (χ4n) is 0.595. The molecule has 0 aromatic carbocycles. The van der Waals surface area contributed by atoms with Crippen molar-refractivity contribution >= 4 is 33.5 Å². The molecule has 0 aliphatic rings. The van der Waals surface area contributed by atoms with Gasteiger partial charge in [-0.05, 0) is 12.8 Å². The van der Waals surface area contributed by atoms with Crippen molar-refractivity contribution in [1.82, 2.24) is 0 Å². The summed E-state index contributed by atoms with van der Waals surface area (Å²) in [5.41, 5.74) is 0. The summed E-state index contributed by atoms with van der Waals surface area (Å²) in [5, 5.41) is 0. The zero-order chi connectivity index (χ0) is 11.4. The Balaban J connectivity index is -0.000000208. The molecule has 0 rings (SSSR count). The molecule has 0 aromatic heterocycles. The molecule has 0 spiro atoms. The van der Waals surface area contributed by atoms with E-state index in [9.17, 15) is 0 Å². The van der Waals surface area contributed by atoms with E-state index in [-0.39, 0.29) is 23.1 Å². The van der Waals surface area contributed by atoms with Crippen LogP contribution in [0.15, 0.2) is 0 Å². The summed E-state index contributed by atoms with van der Waals surface area (Å²) in [6, 6.07) is 0. The number of rotatable bonds is 6. The van der Waals surface area contributed by atoms with Gasteiger partial charge in [0.25, 0.3) is 0 Å². The molecule has 15 heavy (non-hydrogen) atoms. The molecule has 0 bridgehead atoms. The summed E-state index contributed by atoms with van der Waals surface area (Å²) in [6.07, 6.45) is 4.91. The zero-order valence-electron chi connectivity index (χ0n) is 9.40. The van der Waals surface area contributed by atoms with Crippen molar-refractivity contribution in [3.05, 3.63) is 0 Å². The smallest absolute Gasteiger partial charge is 0.759 e. The van der Waals surface area contributed by atoms with Gasteiger partial charge in [-0.3, -0.25) is 8.42 Å². The third-order valence-electron chi connectivity index (χ3n) is 1.28. The normalized spacial score (nSPS) is 9.87. The first-order valence-electron chi connectivity index (χ1n) is 4.66. The number of ether oxygens (including phenoxy) is 1. The predicted octanol–water partition coefficient (Wildman–Crippen LogP) is 0.884. The van der Waals surface area contributed by atoms with Gasteiger partial charge in [-0.15, -0.1) is 0 Å². The minimum atomic E-state index is -5.17. The molecule has 0 radical (unpaired) electrons. The van der Waals surface area contributed by atoms with Gasteiger partial charge in [-0.25, -0.2) is 0 Å². The molecule has 88 valence electrons. The average molecular weight is 251 g/mol. The van der Waals surface area contributed by atoms with Crippen LogP contribution in [0, 0.1) is 0 Å². The zero-order valence-corrected chi connectivity index (χ0v) is 11.6. The minimum absolute atomic E-state index is 0. The van der Waals surface area contributed by atoms with Crippen molar-refractivity contribution in [3.63, 3.8) is 0 Å². The van der Waals surface area contributed by atoms with Gasteiger partial charge >= 0.3 is 23.1 Å². The van der Waals surface area contributed by atoms with E-state index >= 15 is 0 Å². The van der Waals surface area contributed by atoms with Crippen LogP contribution in [-0.4, -0.2) is 53.8 Å². The summed E-state index contributed by atoms with van der Waals surface area (Å²) < 4.78 is 39.4. The van der Waals surface area contributed by atoms with E-state index < -0.39 is 10.4 Å². The third kappa shape index (κ3) is 53.2. The van der Waals surface area contributed by atoms with Crippen molar-refractivity contribution in [1.29, 1.82) is 0 Å². The van der Waals surface area contributed by atoms with Crippen LogP contribution in [0.4, 0.5) is 0 Å². The molecule has 0 heterocycles. The van der Waals surface area contributed by atoms with Gasteiger partial charge < -0.3 is 13.8 Å². The fourth-order valence-corrected chi connectivity index (χ4v) is 0.595. The van der Waals surface area contributed by atoms with E-state index in [1.54, 1.807) is 0 Å². The van der Waals surface area contributed by atoms with E-state index in [0.29, 0.717) is 0 Å². The molecule has 0 atom stereocenters. The van der Waals surface area contributed by atoms with Gasteiger partial charge in [-0.2, -0.15) is 0 Å². The number of hydrogen-bond acceptors (Lipinski definition) is 5. The molecule has 0 aliphatic heterocycles. The quantitative estimate of drug-likeness (QED) is 0.302. The first-order chi connectivity index (χ1) is 6.41. The van der Waals surface area contributed by atoms with Crippen LogP contribution in [0.25, 0.3) is 0 Å². The Hall–Kier alpha value is 0.596. The first-order valence-corrected chi connectivity index (χ1v) is 5.99. The van der Waals surface area contributed by atoms with Crippen LogP contribution in [0.5, 0.6) is 0 Å². The van der Waals surface area contributed by atoms with Gasteiger partial charge in [0.05, 0.1) is 0 Å². The van der Waals surface area contributed by atoms with Crippen molar-refractivity contribution in [2.75, 3.05) is 13.2 Å². The molecular formula is C8H18MgO5S. The standard InChI is InChI=1S/C8H18O.Mg.H2O4S/c1-3-5-7-9-8-6-4-2;;1-5(2,3)4/h3-8H2,1-2H3;;(H2,1,2,3,4)/q;+2;/p-2. The average Bonchev–Trinajstić information content (AvgIpc) is 2.01. The molecular weight excluding hydrogens is 232 g/mol. The summed E-state index contributed by atoms with van der Waals surface area (Å²) in [5.74, 6) is 0. The summed E-state index contributed by atoms with van der Waals surface area (Å²) in [4.78, 5) is 0. The van der Waals surface area contributed by atoms with E-state index in [1.807, 2.05) is 0 Å². The monoisotopic (exact) mass is 250 g/mol. The molecule has 0 aromatic rings. The third-order valence-corrected chi connectivity index (χ3v) is 1.28. The predicted molar refractivity (Wildman–Crippen MR) is 56.9 cm³/mol. The Morgan fingerprint density at radius 1 is 1.00 bits per heavy atom. The Morgan fingerprint density at radius 3 is 1.47 bits per heavy atom. The Bertz CT molecular complexity index is 179. The van der Waals surface area contributed by atoms with Crippen LogP contribution in [0.3, 0.4) is 0 Å². The summed E-state index contributed by atoms with van der Waals surface area (Å²) >= 11 is 0. The Kier molecular flexibility index (Phi) is 20.4. The largest absolute Gasteiger partial charge is 2.00 e. The molecule has 0 unspecified atom stereocenters. The first kappa shape index (κ1) is 20.9. The van der Waals surface area contributed by atoms with Gasteiger partial charge in [0.15, 0.2) is 0 Å². The second kappa shape index (κ2) is 14.6. The second-order valence-corrected chi connectivity index (χ2v) is 3.54. The molecule has 0 aliphatic carbocycles. The van der Waals surface area contributed by atoms with E-state index in [1.165, 1.54) is 25.7 Å². The van der Waals surface area contributed by atoms with Crippen LogP contribution in [0.2, 0.25) is 0 Å². The van der Waals surface area contributed by atoms with Crippen LogP contribution >= 0.6 is 0 Å². The Labute approximate surface area is 108 Å². The summed E-state index contributed by atoms with van der Waals surface area (Å²) in [6.45, 7) is 6.28. The summed E-state index contributed by atoms with van der Waals surface area (Å²) in [7, 11) is -5.17. The molecule has 5 nitrogen and oxygen atoms in total. The molecule has 0 saturated carbocycles. The second-order valence-electron chi connectivity index (χ2n) is 2.73. The van der Waals surface area contributed by atoms with Crippen LogP contribution in [-0.2, 0) is 15.1 Å². The van der Waals surface area contributed by atoms with Gasteiger partial charge in [-0.1, -0.05) is 26.7 Å². The van der Waals surface area contributed by atoms with Crippen molar-refractivity contribution in [2.45, 2.75) is 39.5 Å². The van der Waals surface area contributed by atoms with Crippen molar-refractivity contribution in [2.24, 2.45) is 0 Å². The number of hydrogen-bond donors (Lipinski definition) is 0. The molecule has 0 N–H and O–H groups in total. The van der Waals surface area contributed by atoms with Crippen molar-refractivity contribution < 1.29 is 22.3 Å². The molecule has 7 heteroatoms. The minimum Gasteiger partial charge on any atom is -0.759 e. The van der Waals surface area contributed by atoms with Gasteiger partial charge in [0.2, 0.25) is 0 Å². The topological polar surface area (TPSA) is 89.5 Å². The molecule has 0 amide bonds. The van der Waals surface area contributed by atoms with E-state index in [0.717, 1.165) is 13.2 Å². The molecule has 0 saturated heterocycles. The fraction of sp³-hybridized carbons (Fsp3) is 1.00. The SMILES string of the molecule is CCCCOCCCC.O=S(=O)([O-])[O-].[Mg+2]. The van der Waals surface area contributed by atoms with Gasteiger partial charge in [0.1, 0.15) is 0 Å². The van der Waals surface area contributed by atoms with Crippen LogP contribution < -0.4 is 0 Å². The molecule has 0 fully saturated rings. The van der Waals surface area contributed by atoms with E-state index in [4.69, 9.17) is 22.3 Å². The van der Waals surface area contributed by atoms with Crippen molar-refractivity contribution in [3.8, 4) is 0 Å². The Morgan fingerprint density at radius 2 is 1.27 bits per heavy atom. The number of unbranched alkanes of at least 4 members (excludes halogenated alkanes) is 2. The van der Waals surface area contributed by atoms with Gasteiger partial charge in [0, 0.05) is 23.6 Å². The van der Waals surface area contributed by atoms with Crippen LogP contribution in [0.1, 0.15) is 39.5 Å². The van der Waals surface area contributed by atoms with E-state index in [2.05, 4.69) is 13.8 Å².